The van der Waals surface area contributed by atoms with Gasteiger partial charge in [0.05, 0.1) is 6.04 Å². The van der Waals surface area contributed by atoms with E-state index in [9.17, 15) is 0 Å². The fourth-order valence-corrected chi connectivity index (χ4v) is 3.02. The molecule has 1 N–H and O–H groups in total. The van der Waals surface area contributed by atoms with E-state index >= 15 is 0 Å². The van der Waals surface area contributed by atoms with Crippen molar-refractivity contribution < 1.29 is 4.42 Å². The first-order valence-electron chi connectivity index (χ1n) is 6.68. The predicted octanol–water partition coefficient (Wildman–Crippen LogP) is 4.66. The van der Waals surface area contributed by atoms with Crippen molar-refractivity contribution in [2.75, 3.05) is 0 Å². The highest BCUT2D eigenvalue weighted by Gasteiger charge is 2.22. The molecule has 0 aromatic carbocycles. The molecule has 17 heavy (non-hydrogen) atoms. The van der Waals surface area contributed by atoms with E-state index in [1.165, 1.54) is 32.1 Å². The molecular weight excluding hydrogens is 278 g/mol. The fourth-order valence-electron chi connectivity index (χ4n) is 2.70. The number of nitrogens with one attached hydrogen (secondary N) is 1. The Balaban J connectivity index is 1.94. The Morgan fingerprint density at radius 3 is 2.76 bits per heavy atom. The van der Waals surface area contributed by atoms with Gasteiger partial charge in [-0.05, 0) is 53.7 Å². The SMILES string of the molecule is CC(NC1CCCCCC1C)c1ccc(Br)o1. The Kier molecular flexibility index (Phi) is 4.69. The summed E-state index contributed by atoms with van der Waals surface area (Å²) < 4.78 is 6.42. The molecule has 2 rings (SSSR count). The summed E-state index contributed by atoms with van der Waals surface area (Å²) in [5.41, 5.74) is 0. The maximum atomic E-state index is 5.61. The van der Waals surface area contributed by atoms with Crippen molar-refractivity contribution in [3.05, 3.63) is 22.6 Å². The van der Waals surface area contributed by atoms with Gasteiger partial charge in [-0.15, -0.1) is 0 Å². The Morgan fingerprint density at radius 1 is 1.29 bits per heavy atom. The number of hydrogen-bond donors (Lipinski definition) is 1. The predicted molar refractivity (Wildman–Crippen MR) is 74.0 cm³/mol. The van der Waals surface area contributed by atoms with Crippen LogP contribution in [0.2, 0.25) is 0 Å². The first-order chi connectivity index (χ1) is 8.16. The molecule has 1 fully saturated rings. The van der Waals surface area contributed by atoms with E-state index in [1.807, 2.05) is 12.1 Å². The van der Waals surface area contributed by atoms with E-state index in [1.54, 1.807) is 0 Å². The molecule has 1 heterocycles. The molecule has 1 aromatic heterocycles. The molecule has 1 aliphatic carbocycles. The fraction of sp³-hybridized carbons (Fsp3) is 0.714. The molecule has 1 aromatic rings. The van der Waals surface area contributed by atoms with Crippen molar-refractivity contribution in [3.63, 3.8) is 0 Å². The molecule has 0 amide bonds. The third-order valence-corrected chi connectivity index (χ3v) is 4.27. The topological polar surface area (TPSA) is 25.2 Å². The van der Waals surface area contributed by atoms with Crippen LogP contribution >= 0.6 is 15.9 Å². The minimum absolute atomic E-state index is 0.298. The van der Waals surface area contributed by atoms with E-state index < -0.39 is 0 Å². The van der Waals surface area contributed by atoms with E-state index in [0.717, 1.165) is 16.3 Å². The van der Waals surface area contributed by atoms with Gasteiger partial charge in [-0.3, -0.25) is 0 Å². The third kappa shape index (κ3) is 3.59. The molecule has 96 valence electrons. The van der Waals surface area contributed by atoms with Gasteiger partial charge >= 0.3 is 0 Å². The third-order valence-electron chi connectivity index (χ3n) is 3.85. The van der Waals surface area contributed by atoms with Gasteiger partial charge in [0.25, 0.3) is 0 Å². The van der Waals surface area contributed by atoms with Crippen molar-refractivity contribution in [2.45, 2.75) is 58.0 Å². The zero-order valence-electron chi connectivity index (χ0n) is 10.7. The van der Waals surface area contributed by atoms with E-state index in [-0.39, 0.29) is 0 Å². The van der Waals surface area contributed by atoms with Gasteiger partial charge in [-0.1, -0.05) is 26.2 Å². The molecule has 0 radical (unpaired) electrons. The number of rotatable bonds is 3. The molecule has 2 nitrogen and oxygen atoms in total. The second-order valence-electron chi connectivity index (χ2n) is 5.25. The van der Waals surface area contributed by atoms with Crippen LogP contribution < -0.4 is 5.32 Å². The van der Waals surface area contributed by atoms with Crippen molar-refractivity contribution >= 4 is 15.9 Å². The van der Waals surface area contributed by atoms with Gasteiger partial charge in [-0.25, -0.2) is 0 Å². The highest BCUT2D eigenvalue weighted by Crippen LogP contribution is 2.26. The molecule has 3 atom stereocenters. The van der Waals surface area contributed by atoms with Gasteiger partial charge in [0.1, 0.15) is 5.76 Å². The highest BCUT2D eigenvalue weighted by molar-refractivity contribution is 9.10. The van der Waals surface area contributed by atoms with E-state index in [2.05, 4.69) is 35.1 Å². The molecule has 0 saturated heterocycles. The summed E-state index contributed by atoms with van der Waals surface area (Å²) in [5.74, 6) is 1.80. The van der Waals surface area contributed by atoms with Crippen molar-refractivity contribution in [1.82, 2.24) is 5.32 Å². The van der Waals surface area contributed by atoms with Crippen LogP contribution in [0.5, 0.6) is 0 Å². The van der Waals surface area contributed by atoms with Crippen molar-refractivity contribution in [3.8, 4) is 0 Å². The quantitative estimate of drug-likeness (QED) is 0.821. The molecule has 0 aliphatic heterocycles. The minimum Gasteiger partial charge on any atom is -0.453 e. The standard InChI is InChI=1S/C14H22BrNO/c1-10-6-4-3-5-7-12(10)16-11(2)13-8-9-14(15)17-13/h8-12,16H,3-7H2,1-2H3. The summed E-state index contributed by atoms with van der Waals surface area (Å²) in [4.78, 5) is 0. The van der Waals surface area contributed by atoms with E-state index in [4.69, 9.17) is 4.42 Å². The summed E-state index contributed by atoms with van der Waals surface area (Å²) in [6.45, 7) is 4.55. The summed E-state index contributed by atoms with van der Waals surface area (Å²) in [5, 5.41) is 3.72. The number of furan rings is 1. The van der Waals surface area contributed by atoms with Crippen LogP contribution in [0.3, 0.4) is 0 Å². The molecule has 3 heteroatoms. The summed E-state index contributed by atoms with van der Waals surface area (Å²) in [6.07, 6.45) is 6.79. The van der Waals surface area contributed by atoms with Gasteiger partial charge in [0.2, 0.25) is 0 Å². The van der Waals surface area contributed by atoms with E-state index in [0.29, 0.717) is 12.1 Å². The van der Waals surface area contributed by atoms with Crippen LogP contribution in [-0.2, 0) is 0 Å². The Bertz CT molecular complexity index is 350. The van der Waals surface area contributed by atoms with Crippen LogP contribution in [-0.4, -0.2) is 6.04 Å². The lowest BCUT2D eigenvalue weighted by molar-refractivity contribution is 0.306. The van der Waals surface area contributed by atoms with Crippen LogP contribution in [0.4, 0.5) is 0 Å². The van der Waals surface area contributed by atoms with Gasteiger partial charge in [-0.2, -0.15) is 0 Å². The molecule has 1 saturated carbocycles. The van der Waals surface area contributed by atoms with Gasteiger partial charge in [0.15, 0.2) is 4.67 Å². The van der Waals surface area contributed by atoms with Gasteiger partial charge in [0, 0.05) is 6.04 Å². The van der Waals surface area contributed by atoms with Crippen molar-refractivity contribution in [1.29, 1.82) is 0 Å². The van der Waals surface area contributed by atoms with Crippen LogP contribution in [0.1, 0.15) is 57.8 Å². The lowest BCUT2D eigenvalue weighted by Crippen LogP contribution is -2.36. The summed E-state index contributed by atoms with van der Waals surface area (Å²) in [6, 6.07) is 4.94. The Hall–Kier alpha value is -0.280. The summed E-state index contributed by atoms with van der Waals surface area (Å²) >= 11 is 3.36. The van der Waals surface area contributed by atoms with Crippen molar-refractivity contribution in [2.24, 2.45) is 5.92 Å². The number of hydrogen-bond acceptors (Lipinski definition) is 2. The average molecular weight is 300 g/mol. The maximum absolute atomic E-state index is 5.61. The normalized spacial score (nSPS) is 27.7. The zero-order valence-corrected chi connectivity index (χ0v) is 12.3. The second kappa shape index (κ2) is 6.05. The minimum atomic E-state index is 0.298. The second-order valence-corrected chi connectivity index (χ2v) is 6.03. The molecule has 0 bridgehead atoms. The largest absolute Gasteiger partial charge is 0.453 e. The van der Waals surface area contributed by atoms with Gasteiger partial charge < -0.3 is 9.73 Å². The first-order valence-corrected chi connectivity index (χ1v) is 7.47. The van der Waals surface area contributed by atoms with Crippen LogP contribution in [0.15, 0.2) is 21.2 Å². The lowest BCUT2D eigenvalue weighted by Gasteiger charge is -2.26. The average Bonchev–Trinajstić information content (AvgIpc) is 2.63. The molecule has 3 unspecified atom stereocenters. The Labute approximate surface area is 112 Å². The number of halogens is 1. The van der Waals surface area contributed by atoms with Crippen LogP contribution in [0, 0.1) is 5.92 Å². The maximum Gasteiger partial charge on any atom is 0.169 e. The van der Waals surface area contributed by atoms with Crippen LogP contribution in [0.25, 0.3) is 0 Å². The zero-order chi connectivity index (χ0) is 12.3. The molecular formula is C14H22BrNO. The first kappa shape index (κ1) is 13.2. The monoisotopic (exact) mass is 299 g/mol. The Morgan fingerprint density at radius 2 is 2.06 bits per heavy atom. The molecule has 1 aliphatic rings. The summed E-state index contributed by atoms with van der Waals surface area (Å²) in [7, 11) is 0. The smallest absolute Gasteiger partial charge is 0.169 e. The lowest BCUT2D eigenvalue weighted by atomic mass is 9.96. The highest BCUT2D eigenvalue weighted by atomic mass is 79.9. The molecule has 0 spiro atoms.